The predicted octanol–water partition coefficient (Wildman–Crippen LogP) is 4.41. The van der Waals surface area contributed by atoms with E-state index in [1.165, 1.54) is 23.1 Å². The van der Waals surface area contributed by atoms with Crippen molar-refractivity contribution >= 4 is 29.5 Å². The van der Waals surface area contributed by atoms with Gasteiger partial charge in [-0.25, -0.2) is 4.39 Å². The number of carbonyl (C=O) groups is 3. The summed E-state index contributed by atoms with van der Waals surface area (Å²) < 4.78 is 13.3. The van der Waals surface area contributed by atoms with Crippen LogP contribution in [-0.4, -0.2) is 29.2 Å². The Morgan fingerprint density at radius 3 is 2.69 bits per heavy atom. The SMILES string of the molecule is CCCCCN1C(=O)C/C(=C\c2cccc(C(=O)Nc3cccc(F)c3)c2)C1=O. The van der Waals surface area contributed by atoms with E-state index in [0.29, 0.717) is 28.9 Å². The van der Waals surface area contributed by atoms with E-state index in [1.807, 2.05) is 0 Å². The van der Waals surface area contributed by atoms with Gasteiger partial charge >= 0.3 is 0 Å². The molecule has 2 aromatic carbocycles. The van der Waals surface area contributed by atoms with Crippen LogP contribution in [0, 0.1) is 5.82 Å². The minimum Gasteiger partial charge on any atom is -0.322 e. The second-order valence-electron chi connectivity index (χ2n) is 6.99. The number of benzene rings is 2. The fraction of sp³-hybridized carbons (Fsp3) is 0.261. The van der Waals surface area contributed by atoms with Crippen molar-refractivity contribution in [3.8, 4) is 0 Å². The van der Waals surface area contributed by atoms with Crippen molar-refractivity contribution in [2.45, 2.75) is 32.6 Å². The van der Waals surface area contributed by atoms with Crippen LogP contribution in [0.15, 0.2) is 54.1 Å². The number of imide groups is 1. The van der Waals surface area contributed by atoms with Crippen LogP contribution in [-0.2, 0) is 9.59 Å². The number of anilines is 1. The Kier molecular flexibility index (Phi) is 6.54. The first-order chi connectivity index (χ1) is 14.0. The largest absolute Gasteiger partial charge is 0.322 e. The van der Waals surface area contributed by atoms with E-state index in [4.69, 9.17) is 0 Å². The van der Waals surface area contributed by atoms with Crippen LogP contribution >= 0.6 is 0 Å². The number of carbonyl (C=O) groups excluding carboxylic acids is 3. The zero-order valence-electron chi connectivity index (χ0n) is 16.3. The molecular weight excluding hydrogens is 371 g/mol. The molecule has 29 heavy (non-hydrogen) atoms. The minimum absolute atomic E-state index is 0.0741. The second-order valence-corrected chi connectivity index (χ2v) is 6.99. The monoisotopic (exact) mass is 394 g/mol. The average Bonchev–Trinajstić information content (AvgIpc) is 2.95. The van der Waals surface area contributed by atoms with Gasteiger partial charge < -0.3 is 5.32 Å². The van der Waals surface area contributed by atoms with Crippen LogP contribution in [0.25, 0.3) is 6.08 Å². The van der Waals surface area contributed by atoms with Gasteiger partial charge in [-0.15, -0.1) is 0 Å². The molecule has 0 spiro atoms. The fourth-order valence-corrected chi connectivity index (χ4v) is 3.22. The lowest BCUT2D eigenvalue weighted by molar-refractivity contribution is -0.137. The fourth-order valence-electron chi connectivity index (χ4n) is 3.22. The standard InChI is InChI=1S/C23H23FN2O3/c1-2-3-4-11-26-21(27)14-18(23(26)29)13-16-7-5-8-17(12-16)22(28)25-20-10-6-9-19(24)15-20/h5-10,12-13,15H,2-4,11,14H2,1H3,(H,25,28)/b18-13+. The van der Waals surface area contributed by atoms with Gasteiger partial charge in [0.1, 0.15) is 5.82 Å². The van der Waals surface area contributed by atoms with Crippen LogP contribution in [0.4, 0.5) is 10.1 Å². The van der Waals surface area contributed by atoms with Crippen molar-refractivity contribution in [1.82, 2.24) is 4.90 Å². The van der Waals surface area contributed by atoms with Crippen molar-refractivity contribution < 1.29 is 18.8 Å². The molecule has 5 nitrogen and oxygen atoms in total. The quantitative estimate of drug-likeness (QED) is 0.430. The maximum Gasteiger partial charge on any atom is 0.256 e. The summed E-state index contributed by atoms with van der Waals surface area (Å²) in [4.78, 5) is 38.4. The topological polar surface area (TPSA) is 66.5 Å². The third kappa shape index (κ3) is 5.16. The molecular formula is C23H23FN2O3. The number of nitrogens with one attached hydrogen (secondary N) is 1. The molecule has 1 aliphatic rings. The van der Waals surface area contributed by atoms with E-state index in [2.05, 4.69) is 12.2 Å². The summed E-state index contributed by atoms with van der Waals surface area (Å²) in [6.07, 6.45) is 4.52. The Labute approximate surface area is 169 Å². The Morgan fingerprint density at radius 1 is 1.14 bits per heavy atom. The summed E-state index contributed by atoms with van der Waals surface area (Å²) in [7, 11) is 0. The lowest BCUT2D eigenvalue weighted by atomic mass is 10.1. The Balaban J connectivity index is 1.73. The molecule has 1 fully saturated rings. The first kappa shape index (κ1) is 20.5. The third-order valence-corrected chi connectivity index (χ3v) is 4.72. The first-order valence-corrected chi connectivity index (χ1v) is 9.70. The third-order valence-electron chi connectivity index (χ3n) is 4.72. The van der Waals surface area contributed by atoms with Gasteiger partial charge in [0.05, 0.1) is 6.42 Å². The lowest BCUT2D eigenvalue weighted by Gasteiger charge is -2.12. The van der Waals surface area contributed by atoms with Crippen LogP contribution in [0.1, 0.15) is 48.5 Å². The number of hydrogen-bond donors (Lipinski definition) is 1. The lowest BCUT2D eigenvalue weighted by Crippen LogP contribution is -2.30. The molecule has 0 atom stereocenters. The maximum absolute atomic E-state index is 13.3. The predicted molar refractivity (Wildman–Crippen MR) is 110 cm³/mol. The van der Waals surface area contributed by atoms with Crippen LogP contribution in [0.2, 0.25) is 0 Å². The minimum atomic E-state index is -0.436. The smallest absolute Gasteiger partial charge is 0.256 e. The number of likely N-dealkylation sites (tertiary alicyclic amines) is 1. The Bertz CT molecular complexity index is 968. The van der Waals surface area contributed by atoms with E-state index in [1.54, 1.807) is 36.4 Å². The molecule has 0 bridgehead atoms. The summed E-state index contributed by atoms with van der Waals surface area (Å²) in [6.45, 7) is 2.51. The highest BCUT2D eigenvalue weighted by Gasteiger charge is 2.33. The zero-order valence-corrected chi connectivity index (χ0v) is 16.3. The van der Waals surface area contributed by atoms with Gasteiger partial charge in [0, 0.05) is 23.4 Å². The van der Waals surface area contributed by atoms with E-state index >= 15 is 0 Å². The van der Waals surface area contributed by atoms with E-state index < -0.39 is 5.82 Å². The van der Waals surface area contributed by atoms with Gasteiger partial charge in [0.2, 0.25) is 5.91 Å². The Morgan fingerprint density at radius 2 is 1.93 bits per heavy atom. The molecule has 0 aliphatic carbocycles. The van der Waals surface area contributed by atoms with Crippen LogP contribution in [0.3, 0.4) is 0 Å². The first-order valence-electron chi connectivity index (χ1n) is 9.70. The molecule has 0 unspecified atom stereocenters. The van der Waals surface area contributed by atoms with Crippen molar-refractivity contribution in [2.24, 2.45) is 0 Å². The van der Waals surface area contributed by atoms with Gasteiger partial charge in [0.25, 0.3) is 11.8 Å². The van der Waals surface area contributed by atoms with Crippen LogP contribution in [0.5, 0.6) is 0 Å². The van der Waals surface area contributed by atoms with Crippen LogP contribution < -0.4 is 5.32 Å². The summed E-state index contributed by atoms with van der Waals surface area (Å²) in [5, 5.41) is 2.64. The normalized spacial score (nSPS) is 15.2. The molecule has 1 N–H and O–H groups in total. The molecule has 3 amide bonds. The van der Waals surface area contributed by atoms with Gasteiger partial charge in [-0.3, -0.25) is 19.3 Å². The van der Waals surface area contributed by atoms with Crippen molar-refractivity contribution in [3.05, 3.63) is 71.0 Å². The van der Waals surface area contributed by atoms with Gasteiger partial charge in [-0.05, 0) is 48.4 Å². The highest BCUT2D eigenvalue weighted by Crippen LogP contribution is 2.23. The number of nitrogens with zero attached hydrogens (tertiary/aromatic N) is 1. The molecule has 0 radical (unpaired) electrons. The number of unbranched alkanes of at least 4 members (excludes halogenated alkanes) is 2. The average molecular weight is 394 g/mol. The summed E-state index contributed by atoms with van der Waals surface area (Å²) in [5.41, 5.74) is 1.82. The molecule has 2 aromatic rings. The molecule has 1 aliphatic heterocycles. The summed E-state index contributed by atoms with van der Waals surface area (Å²) in [5.74, 6) is -1.27. The molecule has 150 valence electrons. The van der Waals surface area contributed by atoms with E-state index in [0.717, 1.165) is 19.3 Å². The number of hydrogen-bond acceptors (Lipinski definition) is 3. The summed E-state index contributed by atoms with van der Waals surface area (Å²) in [6, 6.07) is 12.4. The van der Waals surface area contributed by atoms with Crippen molar-refractivity contribution in [3.63, 3.8) is 0 Å². The molecule has 1 heterocycles. The molecule has 3 rings (SSSR count). The highest BCUT2D eigenvalue weighted by molar-refractivity contribution is 6.15. The number of rotatable bonds is 7. The summed E-state index contributed by atoms with van der Waals surface area (Å²) >= 11 is 0. The zero-order chi connectivity index (χ0) is 20.8. The van der Waals surface area contributed by atoms with E-state index in [9.17, 15) is 18.8 Å². The second kappa shape index (κ2) is 9.28. The van der Waals surface area contributed by atoms with Gasteiger partial charge in [-0.1, -0.05) is 38.0 Å². The molecule has 6 heteroatoms. The van der Waals surface area contributed by atoms with Gasteiger partial charge in [0.15, 0.2) is 0 Å². The van der Waals surface area contributed by atoms with Gasteiger partial charge in [-0.2, -0.15) is 0 Å². The molecule has 0 aromatic heterocycles. The molecule has 1 saturated heterocycles. The highest BCUT2D eigenvalue weighted by atomic mass is 19.1. The number of amides is 3. The van der Waals surface area contributed by atoms with Crippen molar-refractivity contribution in [1.29, 1.82) is 0 Å². The van der Waals surface area contributed by atoms with E-state index in [-0.39, 0.29) is 24.1 Å². The Hall–Kier alpha value is -3.28. The molecule has 0 saturated carbocycles. The van der Waals surface area contributed by atoms with Crippen molar-refractivity contribution in [2.75, 3.05) is 11.9 Å². The number of halogens is 1. The maximum atomic E-state index is 13.3.